The van der Waals surface area contributed by atoms with Gasteiger partial charge in [0.15, 0.2) is 5.82 Å². The van der Waals surface area contributed by atoms with Crippen LogP contribution >= 0.6 is 23.2 Å². The highest BCUT2D eigenvalue weighted by atomic mass is 35.5. The Morgan fingerprint density at radius 1 is 0.918 bits per heavy atom. The first-order valence-electron chi connectivity index (χ1n) is 16.2. The van der Waals surface area contributed by atoms with E-state index in [0.29, 0.717) is 60.0 Å². The number of hydrogen-bond acceptors (Lipinski definition) is 5. The number of anilines is 2. The van der Waals surface area contributed by atoms with Crippen LogP contribution in [0.25, 0.3) is 33.4 Å². The van der Waals surface area contributed by atoms with Crippen molar-refractivity contribution in [2.24, 2.45) is 0 Å². The van der Waals surface area contributed by atoms with Gasteiger partial charge < -0.3 is 30.0 Å². The molecule has 3 N–H and O–H groups in total. The number of carbonyl (C=O) groups is 2. The molecule has 0 bridgehead atoms. The molecular formula is C37H32Cl2N8O2. The molecule has 3 amide bonds. The molecule has 1 atom stereocenters. The number of H-pyrrole nitrogens is 1. The summed E-state index contributed by atoms with van der Waals surface area (Å²) in [4.78, 5) is 43.8. The highest BCUT2D eigenvalue weighted by molar-refractivity contribution is 6.32. The number of hydrogen-bond donors (Lipinski definition) is 3. The SMILES string of the molecule is CCNC(=O)N1CCN(c2ncccc2NC(=O)c2[nH]c3cc(Cl)cc4c3c2-c2c(-c3ccccc3)ncn2[C@@H]4c2ccc(Cl)cc2)CC1. The number of piperazine rings is 1. The van der Waals surface area contributed by atoms with Gasteiger partial charge >= 0.3 is 6.03 Å². The first-order chi connectivity index (χ1) is 23.9. The monoisotopic (exact) mass is 690 g/mol. The van der Waals surface area contributed by atoms with Crippen LogP contribution < -0.4 is 15.5 Å². The van der Waals surface area contributed by atoms with E-state index in [9.17, 15) is 9.59 Å². The Morgan fingerprint density at radius 2 is 1.69 bits per heavy atom. The lowest BCUT2D eigenvalue weighted by molar-refractivity contribution is 0.102. The first kappa shape index (κ1) is 31.0. The van der Waals surface area contributed by atoms with Crippen molar-refractivity contribution in [2.45, 2.75) is 13.0 Å². The molecular weight excluding hydrogens is 659 g/mol. The maximum absolute atomic E-state index is 14.5. The zero-order valence-corrected chi connectivity index (χ0v) is 28.1. The maximum atomic E-state index is 14.5. The fraction of sp³-hybridized carbons (Fsp3) is 0.189. The molecule has 3 aromatic heterocycles. The number of imidazole rings is 1. The van der Waals surface area contributed by atoms with E-state index >= 15 is 0 Å². The summed E-state index contributed by atoms with van der Waals surface area (Å²) in [5.41, 5.74) is 6.96. The minimum atomic E-state index is -0.319. The molecule has 8 rings (SSSR count). The average molecular weight is 692 g/mol. The van der Waals surface area contributed by atoms with E-state index in [1.54, 1.807) is 17.2 Å². The molecule has 246 valence electrons. The van der Waals surface area contributed by atoms with E-state index in [1.807, 2.05) is 86.0 Å². The van der Waals surface area contributed by atoms with Crippen LogP contribution in [0, 0.1) is 0 Å². The third kappa shape index (κ3) is 5.47. The van der Waals surface area contributed by atoms with Gasteiger partial charge in [0.25, 0.3) is 5.91 Å². The van der Waals surface area contributed by atoms with Crippen LogP contribution in [0.15, 0.2) is 91.4 Å². The topological polar surface area (TPSA) is 111 Å². The summed E-state index contributed by atoms with van der Waals surface area (Å²) in [5.74, 6) is 0.331. The van der Waals surface area contributed by atoms with Crippen molar-refractivity contribution in [3.05, 3.63) is 118 Å². The zero-order chi connectivity index (χ0) is 33.6. The second kappa shape index (κ2) is 12.6. The van der Waals surface area contributed by atoms with Crippen molar-refractivity contribution >= 4 is 57.5 Å². The van der Waals surface area contributed by atoms with Gasteiger partial charge in [-0.15, -0.1) is 0 Å². The van der Waals surface area contributed by atoms with Gasteiger partial charge in [0.05, 0.1) is 29.4 Å². The van der Waals surface area contributed by atoms with E-state index in [1.165, 1.54) is 0 Å². The van der Waals surface area contributed by atoms with Crippen LogP contribution in [-0.2, 0) is 0 Å². The van der Waals surface area contributed by atoms with E-state index in [-0.39, 0.29) is 18.0 Å². The number of aromatic nitrogens is 4. The zero-order valence-electron chi connectivity index (χ0n) is 26.6. The van der Waals surface area contributed by atoms with Crippen LogP contribution in [0.1, 0.15) is 34.6 Å². The molecule has 49 heavy (non-hydrogen) atoms. The van der Waals surface area contributed by atoms with Crippen molar-refractivity contribution < 1.29 is 9.59 Å². The highest BCUT2D eigenvalue weighted by Gasteiger charge is 2.36. The van der Waals surface area contributed by atoms with Gasteiger partial charge in [0.2, 0.25) is 0 Å². The maximum Gasteiger partial charge on any atom is 0.317 e. The molecule has 12 heteroatoms. The molecule has 3 aromatic carbocycles. The minimum Gasteiger partial charge on any atom is -0.351 e. The summed E-state index contributed by atoms with van der Waals surface area (Å²) >= 11 is 13.1. The molecule has 0 radical (unpaired) electrons. The standard InChI is InChI=1S/C37H32Cl2N8O2/c1-2-40-37(49)46-17-15-45(16-18-46)35-27(9-6-14-41-35)44-36(48)32-30-29-26(19-25(39)20-28(29)43-32)33(23-10-12-24(38)13-11-23)47-21-42-31(34(30)47)22-7-4-3-5-8-22/h3-14,19-21,33,43H,2,15-18H2,1H3,(H,40,49)(H,44,48)/t33-/m1/s1. The van der Waals surface area contributed by atoms with Crippen LogP contribution in [0.3, 0.4) is 0 Å². The number of pyridine rings is 1. The number of fused-ring (bicyclic) bond motifs is 2. The molecule has 1 saturated heterocycles. The Bertz CT molecular complexity index is 2210. The number of rotatable bonds is 6. The number of carbonyl (C=O) groups excluding carboxylic acids is 2. The molecule has 0 spiro atoms. The Morgan fingerprint density at radius 3 is 2.45 bits per heavy atom. The summed E-state index contributed by atoms with van der Waals surface area (Å²) in [6.45, 7) is 4.75. The highest BCUT2D eigenvalue weighted by Crippen LogP contribution is 2.49. The van der Waals surface area contributed by atoms with Crippen LogP contribution in [0.2, 0.25) is 10.0 Å². The van der Waals surface area contributed by atoms with Crippen molar-refractivity contribution in [3.8, 4) is 22.5 Å². The normalized spacial score (nSPS) is 15.3. The number of urea groups is 1. The molecule has 1 fully saturated rings. The molecule has 2 aliphatic rings. The number of aromatic amines is 1. The third-order valence-electron chi connectivity index (χ3n) is 9.19. The number of amides is 3. The van der Waals surface area contributed by atoms with E-state index in [2.05, 4.69) is 30.1 Å². The van der Waals surface area contributed by atoms with Crippen LogP contribution in [0.5, 0.6) is 0 Å². The fourth-order valence-corrected chi connectivity index (χ4v) is 7.37. The van der Waals surface area contributed by atoms with Gasteiger partial charge in [-0.2, -0.15) is 0 Å². The molecule has 6 aromatic rings. The molecule has 0 aliphatic carbocycles. The quantitative estimate of drug-likeness (QED) is 0.168. The average Bonchev–Trinajstić information content (AvgIpc) is 3.72. The molecule has 2 aliphatic heterocycles. The van der Waals surface area contributed by atoms with Crippen LogP contribution in [0.4, 0.5) is 16.3 Å². The smallest absolute Gasteiger partial charge is 0.317 e. The minimum absolute atomic E-state index is 0.0728. The predicted molar refractivity (Wildman–Crippen MR) is 194 cm³/mol. The van der Waals surface area contributed by atoms with Gasteiger partial charge in [-0.05, 0) is 54.4 Å². The lowest BCUT2D eigenvalue weighted by Crippen LogP contribution is -2.52. The van der Waals surface area contributed by atoms with E-state index in [4.69, 9.17) is 28.2 Å². The first-order valence-corrected chi connectivity index (χ1v) is 16.9. The van der Waals surface area contributed by atoms with Gasteiger partial charge in [-0.3, -0.25) is 4.79 Å². The van der Waals surface area contributed by atoms with Crippen molar-refractivity contribution in [1.29, 1.82) is 0 Å². The third-order valence-corrected chi connectivity index (χ3v) is 9.66. The van der Waals surface area contributed by atoms with E-state index in [0.717, 1.165) is 44.5 Å². The predicted octanol–water partition coefficient (Wildman–Crippen LogP) is 7.46. The largest absolute Gasteiger partial charge is 0.351 e. The summed E-state index contributed by atoms with van der Waals surface area (Å²) < 4.78 is 2.12. The second-order valence-corrected chi connectivity index (χ2v) is 13.0. The number of nitrogens with one attached hydrogen (secondary N) is 3. The van der Waals surface area contributed by atoms with E-state index < -0.39 is 0 Å². The fourth-order valence-electron chi connectivity index (χ4n) is 7.01. The Balaban J connectivity index is 1.23. The second-order valence-electron chi connectivity index (χ2n) is 12.1. The Labute approximate surface area is 292 Å². The van der Waals surface area contributed by atoms with Gasteiger partial charge in [-0.1, -0.05) is 65.7 Å². The Kier molecular flexibility index (Phi) is 7.97. The Hall–Kier alpha value is -5.32. The van der Waals surface area contributed by atoms with Gasteiger partial charge in [0.1, 0.15) is 5.69 Å². The molecule has 0 unspecified atom stereocenters. The van der Waals surface area contributed by atoms with Gasteiger partial charge in [0, 0.05) is 71.0 Å². The molecule has 10 nitrogen and oxygen atoms in total. The van der Waals surface area contributed by atoms with Crippen molar-refractivity contribution in [2.75, 3.05) is 42.9 Å². The lowest BCUT2D eigenvalue weighted by Gasteiger charge is -2.36. The summed E-state index contributed by atoms with van der Waals surface area (Å²) in [6, 6.07) is 24.9. The molecule has 5 heterocycles. The molecule has 0 saturated carbocycles. The lowest BCUT2D eigenvalue weighted by atomic mass is 9.88. The number of halogens is 2. The van der Waals surface area contributed by atoms with Gasteiger partial charge in [-0.25, -0.2) is 14.8 Å². The summed E-state index contributed by atoms with van der Waals surface area (Å²) in [7, 11) is 0. The summed E-state index contributed by atoms with van der Waals surface area (Å²) in [6.07, 6.45) is 3.55. The van der Waals surface area contributed by atoms with Crippen molar-refractivity contribution in [3.63, 3.8) is 0 Å². The van der Waals surface area contributed by atoms with Crippen molar-refractivity contribution in [1.82, 2.24) is 29.7 Å². The number of nitrogens with zero attached hydrogens (tertiary/aromatic N) is 5. The summed E-state index contributed by atoms with van der Waals surface area (Å²) in [5, 5.41) is 8.13. The number of benzene rings is 3. The van der Waals surface area contributed by atoms with Crippen LogP contribution in [-0.4, -0.2) is 69.1 Å².